The number of nitrogens with one attached hydrogen (secondary N) is 2. The third kappa shape index (κ3) is 1.83. The van der Waals surface area contributed by atoms with Crippen molar-refractivity contribution in [3.05, 3.63) is 6.33 Å². The van der Waals surface area contributed by atoms with Crippen molar-refractivity contribution in [1.82, 2.24) is 19.9 Å². The smallest absolute Gasteiger partial charge is 0.224 e. The molecular formula is C9H14N6. The first-order valence-electron chi connectivity index (χ1n) is 4.93. The SMILES string of the molecule is CC[C@H](C)Nc1nc(N)nc2nc[nH]c12. The van der Waals surface area contributed by atoms with Crippen LogP contribution in [0, 0.1) is 0 Å². The van der Waals surface area contributed by atoms with Gasteiger partial charge in [-0.15, -0.1) is 0 Å². The lowest BCUT2D eigenvalue weighted by atomic mass is 10.2. The molecule has 0 saturated heterocycles. The molecule has 2 heterocycles. The van der Waals surface area contributed by atoms with Crippen molar-refractivity contribution in [2.75, 3.05) is 11.1 Å². The number of anilines is 2. The molecule has 6 nitrogen and oxygen atoms in total. The Morgan fingerprint density at radius 1 is 1.53 bits per heavy atom. The maximum atomic E-state index is 5.58. The van der Waals surface area contributed by atoms with Crippen molar-refractivity contribution >= 4 is 22.9 Å². The molecule has 4 N–H and O–H groups in total. The quantitative estimate of drug-likeness (QED) is 0.700. The van der Waals surface area contributed by atoms with Crippen molar-refractivity contribution in [1.29, 1.82) is 0 Å². The zero-order valence-corrected chi connectivity index (χ0v) is 8.78. The molecule has 2 aromatic heterocycles. The molecule has 0 bridgehead atoms. The Hall–Kier alpha value is -1.85. The van der Waals surface area contributed by atoms with Crippen molar-refractivity contribution in [2.45, 2.75) is 26.3 Å². The molecule has 15 heavy (non-hydrogen) atoms. The molecule has 0 fully saturated rings. The number of imidazole rings is 1. The second-order valence-electron chi connectivity index (χ2n) is 3.49. The minimum Gasteiger partial charge on any atom is -0.368 e. The van der Waals surface area contributed by atoms with Gasteiger partial charge in [-0.2, -0.15) is 9.97 Å². The van der Waals surface area contributed by atoms with Gasteiger partial charge < -0.3 is 16.0 Å². The summed E-state index contributed by atoms with van der Waals surface area (Å²) >= 11 is 0. The first-order chi connectivity index (χ1) is 7.20. The Labute approximate surface area is 87.3 Å². The molecule has 0 spiro atoms. The van der Waals surface area contributed by atoms with E-state index in [0.717, 1.165) is 11.9 Å². The number of aromatic amines is 1. The second-order valence-corrected chi connectivity index (χ2v) is 3.49. The summed E-state index contributed by atoms with van der Waals surface area (Å²) in [6.07, 6.45) is 2.60. The molecule has 0 aliphatic carbocycles. The second kappa shape index (κ2) is 3.72. The van der Waals surface area contributed by atoms with Crippen molar-refractivity contribution in [2.24, 2.45) is 0 Å². The van der Waals surface area contributed by atoms with E-state index in [-0.39, 0.29) is 5.95 Å². The maximum Gasteiger partial charge on any atom is 0.224 e. The van der Waals surface area contributed by atoms with Gasteiger partial charge in [0.15, 0.2) is 11.5 Å². The number of nitrogen functional groups attached to an aromatic ring is 1. The average Bonchev–Trinajstić information content (AvgIpc) is 2.65. The fourth-order valence-electron chi connectivity index (χ4n) is 1.29. The van der Waals surface area contributed by atoms with E-state index in [9.17, 15) is 0 Å². The van der Waals surface area contributed by atoms with Crippen LogP contribution >= 0.6 is 0 Å². The summed E-state index contributed by atoms with van der Waals surface area (Å²) in [4.78, 5) is 15.2. The molecule has 80 valence electrons. The van der Waals surface area contributed by atoms with Crippen molar-refractivity contribution in [3.8, 4) is 0 Å². The standard InChI is InChI=1S/C9H14N6/c1-3-5(2)13-8-6-7(12-4-11-6)14-9(10)15-8/h4-5H,3H2,1-2H3,(H4,10,11,12,13,14,15)/t5-/m0/s1. The fraction of sp³-hybridized carbons (Fsp3) is 0.444. The van der Waals surface area contributed by atoms with Gasteiger partial charge in [0.1, 0.15) is 5.52 Å². The van der Waals surface area contributed by atoms with Gasteiger partial charge in [-0.25, -0.2) is 4.98 Å². The monoisotopic (exact) mass is 206 g/mol. The number of H-pyrrole nitrogens is 1. The molecular weight excluding hydrogens is 192 g/mol. The lowest BCUT2D eigenvalue weighted by Gasteiger charge is -2.12. The van der Waals surface area contributed by atoms with Gasteiger partial charge in [0, 0.05) is 6.04 Å². The summed E-state index contributed by atoms with van der Waals surface area (Å²) in [7, 11) is 0. The molecule has 0 aliphatic rings. The van der Waals surface area contributed by atoms with Crippen LogP contribution in [-0.2, 0) is 0 Å². The third-order valence-corrected chi connectivity index (χ3v) is 2.30. The van der Waals surface area contributed by atoms with E-state index in [4.69, 9.17) is 5.73 Å². The van der Waals surface area contributed by atoms with E-state index < -0.39 is 0 Å². The van der Waals surface area contributed by atoms with Gasteiger partial charge >= 0.3 is 0 Å². The van der Waals surface area contributed by atoms with Gasteiger partial charge in [0.05, 0.1) is 6.33 Å². The van der Waals surface area contributed by atoms with E-state index >= 15 is 0 Å². The topological polar surface area (TPSA) is 92.5 Å². The Kier molecular flexibility index (Phi) is 2.40. The number of hydrogen-bond donors (Lipinski definition) is 3. The number of nitrogens with two attached hydrogens (primary N) is 1. The molecule has 0 radical (unpaired) electrons. The highest BCUT2D eigenvalue weighted by Gasteiger charge is 2.09. The van der Waals surface area contributed by atoms with Crippen LogP contribution in [0.1, 0.15) is 20.3 Å². The predicted octanol–water partition coefficient (Wildman–Crippen LogP) is 1.15. The normalized spacial score (nSPS) is 12.9. The lowest BCUT2D eigenvalue weighted by Crippen LogP contribution is -2.15. The van der Waals surface area contributed by atoms with Crippen molar-refractivity contribution in [3.63, 3.8) is 0 Å². The zero-order chi connectivity index (χ0) is 10.8. The molecule has 0 amide bonds. The maximum absolute atomic E-state index is 5.58. The summed E-state index contributed by atoms with van der Waals surface area (Å²) in [6, 6.07) is 0.339. The van der Waals surface area contributed by atoms with E-state index in [2.05, 4.69) is 39.1 Å². The van der Waals surface area contributed by atoms with Crippen LogP contribution in [0.25, 0.3) is 11.2 Å². The zero-order valence-electron chi connectivity index (χ0n) is 8.78. The van der Waals surface area contributed by atoms with E-state index in [1.807, 2.05) is 0 Å². The highest BCUT2D eigenvalue weighted by atomic mass is 15.1. The van der Waals surface area contributed by atoms with Crippen LogP contribution in [0.2, 0.25) is 0 Å². The largest absolute Gasteiger partial charge is 0.368 e. The van der Waals surface area contributed by atoms with E-state index in [0.29, 0.717) is 17.5 Å². The summed E-state index contributed by atoms with van der Waals surface area (Å²) in [5.41, 5.74) is 6.97. The predicted molar refractivity (Wildman–Crippen MR) is 59.5 cm³/mol. The van der Waals surface area contributed by atoms with Crippen LogP contribution in [0.15, 0.2) is 6.33 Å². The number of rotatable bonds is 3. The van der Waals surface area contributed by atoms with Gasteiger partial charge in [0.25, 0.3) is 0 Å². The molecule has 2 rings (SSSR count). The van der Waals surface area contributed by atoms with Gasteiger partial charge in [-0.1, -0.05) is 6.92 Å². The Morgan fingerprint density at radius 2 is 2.33 bits per heavy atom. The minimum atomic E-state index is 0.236. The van der Waals surface area contributed by atoms with E-state index in [1.54, 1.807) is 6.33 Å². The minimum absolute atomic E-state index is 0.236. The summed E-state index contributed by atoms with van der Waals surface area (Å²) in [5.74, 6) is 0.949. The van der Waals surface area contributed by atoms with E-state index in [1.165, 1.54) is 0 Å². The fourth-order valence-corrected chi connectivity index (χ4v) is 1.29. The van der Waals surface area contributed by atoms with Crippen LogP contribution in [0.5, 0.6) is 0 Å². The number of hydrogen-bond acceptors (Lipinski definition) is 5. The Balaban J connectivity index is 2.44. The molecule has 0 unspecified atom stereocenters. The lowest BCUT2D eigenvalue weighted by molar-refractivity contribution is 0.760. The van der Waals surface area contributed by atoms with Crippen LogP contribution in [0.3, 0.4) is 0 Å². The van der Waals surface area contributed by atoms with Gasteiger partial charge in [0.2, 0.25) is 5.95 Å². The van der Waals surface area contributed by atoms with Crippen LogP contribution in [-0.4, -0.2) is 26.0 Å². The average molecular weight is 206 g/mol. The molecule has 0 aromatic carbocycles. The molecule has 2 aromatic rings. The first-order valence-corrected chi connectivity index (χ1v) is 4.93. The summed E-state index contributed by atoms with van der Waals surface area (Å²) in [5, 5.41) is 3.26. The Morgan fingerprint density at radius 3 is 3.07 bits per heavy atom. The first kappa shape index (κ1) is 9.70. The van der Waals surface area contributed by atoms with Crippen LogP contribution in [0.4, 0.5) is 11.8 Å². The highest BCUT2D eigenvalue weighted by Crippen LogP contribution is 2.18. The Bertz CT molecular complexity index is 463. The van der Waals surface area contributed by atoms with Crippen molar-refractivity contribution < 1.29 is 0 Å². The molecule has 6 heteroatoms. The van der Waals surface area contributed by atoms with Gasteiger partial charge in [-0.05, 0) is 13.3 Å². The number of aromatic nitrogens is 4. The third-order valence-electron chi connectivity index (χ3n) is 2.30. The summed E-state index contributed by atoms with van der Waals surface area (Å²) in [6.45, 7) is 4.19. The highest BCUT2D eigenvalue weighted by molar-refractivity contribution is 5.83. The molecule has 0 aliphatic heterocycles. The summed E-state index contributed by atoms with van der Waals surface area (Å²) < 4.78 is 0. The number of nitrogens with zero attached hydrogens (tertiary/aromatic N) is 3. The molecule has 0 saturated carbocycles. The number of fused-ring (bicyclic) bond motifs is 1. The van der Waals surface area contributed by atoms with Crippen LogP contribution < -0.4 is 11.1 Å². The molecule has 1 atom stereocenters. The van der Waals surface area contributed by atoms with Gasteiger partial charge in [-0.3, -0.25) is 0 Å².